The van der Waals surface area contributed by atoms with Crippen LogP contribution in [0, 0.1) is 6.92 Å². The normalized spacial score (nSPS) is 14.4. The number of carbonyl (C=O) groups is 1. The molecule has 1 saturated heterocycles. The fourth-order valence-electron chi connectivity index (χ4n) is 3.95. The Bertz CT molecular complexity index is 1080. The highest BCUT2D eigenvalue weighted by Crippen LogP contribution is 2.27. The van der Waals surface area contributed by atoms with E-state index in [0.717, 1.165) is 66.1 Å². The highest BCUT2D eigenvalue weighted by molar-refractivity contribution is 7.98. The van der Waals surface area contributed by atoms with Gasteiger partial charge in [0.05, 0.1) is 0 Å². The van der Waals surface area contributed by atoms with Gasteiger partial charge in [0, 0.05) is 49.6 Å². The van der Waals surface area contributed by atoms with Crippen molar-refractivity contribution in [3.8, 4) is 11.4 Å². The summed E-state index contributed by atoms with van der Waals surface area (Å²) >= 11 is 1.64. The van der Waals surface area contributed by atoms with E-state index in [1.165, 1.54) is 5.56 Å². The maximum atomic E-state index is 12.8. The number of aromatic nitrogens is 3. The van der Waals surface area contributed by atoms with E-state index in [4.69, 9.17) is 0 Å². The minimum atomic E-state index is 0.124. The van der Waals surface area contributed by atoms with Crippen molar-refractivity contribution in [2.45, 2.75) is 31.3 Å². The lowest BCUT2D eigenvalue weighted by molar-refractivity contribution is 0.0643. The van der Waals surface area contributed by atoms with Crippen LogP contribution in [-0.2, 0) is 12.3 Å². The molecule has 0 bridgehead atoms. The largest absolute Gasteiger partial charge is 0.336 e. The van der Waals surface area contributed by atoms with Crippen LogP contribution in [0.5, 0.6) is 0 Å². The van der Waals surface area contributed by atoms with Gasteiger partial charge in [0.25, 0.3) is 5.91 Å². The van der Waals surface area contributed by atoms with Gasteiger partial charge in [-0.05, 0) is 31.2 Å². The number of allylic oxidation sites excluding steroid dienone is 1. The quantitative estimate of drug-likeness (QED) is 0.365. The first-order valence-electron chi connectivity index (χ1n) is 11.4. The van der Waals surface area contributed by atoms with Crippen molar-refractivity contribution in [1.82, 2.24) is 24.6 Å². The molecule has 0 N–H and O–H groups in total. The fraction of sp³-hybridized carbons (Fsp3) is 0.346. The summed E-state index contributed by atoms with van der Waals surface area (Å²) in [4.78, 5) is 17.2. The van der Waals surface area contributed by atoms with Crippen molar-refractivity contribution >= 4 is 17.7 Å². The molecule has 0 aliphatic carbocycles. The Kier molecular flexibility index (Phi) is 7.62. The third kappa shape index (κ3) is 5.54. The van der Waals surface area contributed by atoms with E-state index in [1.54, 1.807) is 11.8 Å². The molecule has 172 valence electrons. The van der Waals surface area contributed by atoms with Crippen LogP contribution in [0.25, 0.3) is 11.4 Å². The Morgan fingerprint density at radius 3 is 2.36 bits per heavy atom. The molecular weight excluding hydrogens is 430 g/mol. The molecule has 2 aromatic carbocycles. The number of benzene rings is 2. The number of likely N-dealkylation sites (N-methyl/N-ethyl adjacent to an activating group) is 1. The van der Waals surface area contributed by atoms with Gasteiger partial charge in [-0.3, -0.25) is 9.36 Å². The van der Waals surface area contributed by atoms with Crippen molar-refractivity contribution in [3.63, 3.8) is 0 Å². The Balaban J connectivity index is 1.40. The summed E-state index contributed by atoms with van der Waals surface area (Å²) in [5.41, 5.74) is 4.17. The molecule has 6 nitrogen and oxygen atoms in total. The summed E-state index contributed by atoms with van der Waals surface area (Å²) in [6.45, 7) is 13.3. The molecule has 1 aromatic heterocycles. The number of hydrogen-bond donors (Lipinski definition) is 0. The number of thioether (sulfide) groups is 1. The highest BCUT2D eigenvalue weighted by Gasteiger charge is 2.21. The second-order valence-electron chi connectivity index (χ2n) is 8.28. The topological polar surface area (TPSA) is 54.3 Å². The Hall–Kier alpha value is -2.90. The fourth-order valence-corrected chi connectivity index (χ4v) is 4.85. The second kappa shape index (κ2) is 10.8. The molecule has 1 amide bonds. The molecule has 1 aliphatic heterocycles. The molecule has 0 spiro atoms. The van der Waals surface area contributed by atoms with Gasteiger partial charge in [0.1, 0.15) is 0 Å². The SMILES string of the molecule is C=CCn1c(SCc2ccc(C(=O)N3CCN(CC)CC3)cc2)nnc1-c1ccc(C)cc1. The van der Waals surface area contributed by atoms with Crippen molar-refractivity contribution in [2.24, 2.45) is 0 Å². The van der Waals surface area contributed by atoms with E-state index in [2.05, 4.69) is 64.4 Å². The van der Waals surface area contributed by atoms with E-state index >= 15 is 0 Å². The number of piperazine rings is 1. The minimum Gasteiger partial charge on any atom is -0.336 e. The zero-order valence-corrected chi connectivity index (χ0v) is 20.2. The van der Waals surface area contributed by atoms with Crippen molar-refractivity contribution < 1.29 is 4.79 Å². The third-order valence-corrected chi connectivity index (χ3v) is 7.05. The lowest BCUT2D eigenvalue weighted by atomic mass is 10.1. The standard InChI is InChI=1S/C26H31N5OS/c1-4-14-31-24(22-10-6-20(3)7-11-22)27-28-26(31)33-19-21-8-12-23(13-9-21)25(32)30-17-15-29(5-2)16-18-30/h4,6-13H,1,5,14-19H2,2-3H3. The number of carbonyl (C=O) groups excluding carboxylic acids is 1. The first-order valence-corrected chi connectivity index (χ1v) is 12.4. The molecule has 0 radical (unpaired) electrons. The number of hydrogen-bond acceptors (Lipinski definition) is 5. The van der Waals surface area contributed by atoms with Gasteiger partial charge < -0.3 is 9.80 Å². The Morgan fingerprint density at radius 2 is 1.73 bits per heavy atom. The van der Waals surface area contributed by atoms with E-state index in [9.17, 15) is 4.79 Å². The molecule has 3 aromatic rings. The smallest absolute Gasteiger partial charge is 0.253 e. The van der Waals surface area contributed by atoms with Crippen molar-refractivity contribution in [2.75, 3.05) is 32.7 Å². The zero-order valence-electron chi connectivity index (χ0n) is 19.4. The first-order chi connectivity index (χ1) is 16.1. The zero-order chi connectivity index (χ0) is 23.2. The molecule has 33 heavy (non-hydrogen) atoms. The predicted molar refractivity (Wildman–Crippen MR) is 134 cm³/mol. The maximum absolute atomic E-state index is 12.8. The molecule has 7 heteroatoms. The van der Waals surface area contributed by atoms with Crippen LogP contribution in [0.2, 0.25) is 0 Å². The average Bonchev–Trinajstić information content (AvgIpc) is 3.26. The van der Waals surface area contributed by atoms with Crippen molar-refractivity contribution in [3.05, 3.63) is 77.9 Å². The van der Waals surface area contributed by atoms with Gasteiger partial charge in [0.2, 0.25) is 0 Å². The van der Waals surface area contributed by atoms with Crippen LogP contribution in [0.3, 0.4) is 0 Å². The lowest BCUT2D eigenvalue weighted by Crippen LogP contribution is -2.48. The summed E-state index contributed by atoms with van der Waals surface area (Å²) in [6.07, 6.45) is 1.87. The Labute approximate surface area is 200 Å². The van der Waals surface area contributed by atoms with Crippen LogP contribution in [0.15, 0.2) is 66.3 Å². The molecule has 2 heterocycles. The molecule has 0 unspecified atom stereocenters. The molecular formula is C26H31N5OS. The van der Waals surface area contributed by atoms with Gasteiger partial charge in [0.15, 0.2) is 11.0 Å². The van der Waals surface area contributed by atoms with E-state index in [1.807, 2.05) is 35.2 Å². The van der Waals surface area contributed by atoms with E-state index in [0.29, 0.717) is 6.54 Å². The van der Waals surface area contributed by atoms with Crippen LogP contribution in [0.1, 0.15) is 28.4 Å². The van der Waals surface area contributed by atoms with Gasteiger partial charge >= 0.3 is 0 Å². The summed E-state index contributed by atoms with van der Waals surface area (Å²) in [7, 11) is 0. The molecule has 4 rings (SSSR count). The second-order valence-corrected chi connectivity index (χ2v) is 9.23. The van der Waals surface area contributed by atoms with Gasteiger partial charge in [-0.2, -0.15) is 0 Å². The molecule has 1 aliphatic rings. The minimum absolute atomic E-state index is 0.124. The highest BCUT2D eigenvalue weighted by atomic mass is 32.2. The summed E-state index contributed by atoms with van der Waals surface area (Å²) < 4.78 is 2.09. The summed E-state index contributed by atoms with van der Waals surface area (Å²) in [6, 6.07) is 16.3. The van der Waals surface area contributed by atoms with E-state index < -0.39 is 0 Å². The lowest BCUT2D eigenvalue weighted by Gasteiger charge is -2.34. The average molecular weight is 462 g/mol. The number of rotatable bonds is 8. The third-order valence-electron chi connectivity index (χ3n) is 6.01. The number of amides is 1. The Morgan fingerprint density at radius 1 is 1.03 bits per heavy atom. The van der Waals surface area contributed by atoms with Crippen LogP contribution < -0.4 is 0 Å². The molecule has 0 saturated carbocycles. The number of aryl methyl sites for hydroxylation is 1. The molecule has 0 atom stereocenters. The monoisotopic (exact) mass is 461 g/mol. The van der Waals surface area contributed by atoms with Crippen LogP contribution in [-0.4, -0.2) is 63.2 Å². The summed E-state index contributed by atoms with van der Waals surface area (Å²) in [5.74, 6) is 1.73. The van der Waals surface area contributed by atoms with Crippen LogP contribution >= 0.6 is 11.8 Å². The van der Waals surface area contributed by atoms with Crippen molar-refractivity contribution in [1.29, 1.82) is 0 Å². The van der Waals surface area contributed by atoms with E-state index in [-0.39, 0.29) is 5.91 Å². The first kappa shape index (κ1) is 23.3. The maximum Gasteiger partial charge on any atom is 0.253 e. The van der Waals surface area contributed by atoms with Crippen LogP contribution in [0.4, 0.5) is 0 Å². The van der Waals surface area contributed by atoms with Gasteiger partial charge in [-0.15, -0.1) is 16.8 Å². The predicted octanol–water partition coefficient (Wildman–Crippen LogP) is 4.51. The number of nitrogens with zero attached hydrogens (tertiary/aromatic N) is 5. The molecule has 1 fully saturated rings. The van der Waals surface area contributed by atoms with Gasteiger partial charge in [-0.25, -0.2) is 0 Å². The van der Waals surface area contributed by atoms with Gasteiger partial charge in [-0.1, -0.05) is 66.7 Å². The summed E-state index contributed by atoms with van der Waals surface area (Å²) in [5, 5.41) is 9.73.